The number of halogens is 1. The monoisotopic (exact) mass is 406 g/mol. The van der Waals surface area contributed by atoms with Gasteiger partial charge in [-0.1, -0.05) is 17.7 Å². The predicted molar refractivity (Wildman–Crippen MR) is 106 cm³/mol. The van der Waals surface area contributed by atoms with Gasteiger partial charge in [0.1, 0.15) is 5.75 Å². The van der Waals surface area contributed by atoms with Gasteiger partial charge in [0.15, 0.2) is 18.1 Å². The summed E-state index contributed by atoms with van der Waals surface area (Å²) in [5.41, 5.74) is 1.15. The number of hydrogen-bond donors (Lipinski definition) is 2. The summed E-state index contributed by atoms with van der Waals surface area (Å²) in [6.45, 7) is 2.53. The molecule has 2 rings (SSSR count). The molecule has 0 aliphatic rings. The minimum Gasteiger partial charge on any atom is -0.496 e. The second-order valence-electron chi connectivity index (χ2n) is 5.75. The smallest absolute Gasteiger partial charge is 0.257 e. The Balaban J connectivity index is 2.03. The number of methoxy groups -OCH3 is 2. The third-order valence-electron chi connectivity index (χ3n) is 3.82. The number of carbonyl (C=O) groups is 2. The number of benzene rings is 2. The SMILES string of the molecule is CCNC(=O)COc1ccc(CNC(=O)c2cc(Cl)ccc2OC)cc1OC. The maximum atomic E-state index is 12.5. The summed E-state index contributed by atoms with van der Waals surface area (Å²) in [6, 6.07) is 10.1. The highest BCUT2D eigenvalue weighted by atomic mass is 35.5. The Morgan fingerprint density at radius 1 is 0.964 bits per heavy atom. The molecule has 2 amide bonds. The zero-order valence-corrected chi connectivity index (χ0v) is 16.8. The molecule has 28 heavy (non-hydrogen) atoms. The van der Waals surface area contributed by atoms with Crippen LogP contribution in [-0.4, -0.2) is 39.2 Å². The number of nitrogens with one attached hydrogen (secondary N) is 2. The molecule has 0 atom stereocenters. The quantitative estimate of drug-likeness (QED) is 0.668. The first-order valence-electron chi connectivity index (χ1n) is 8.66. The van der Waals surface area contributed by atoms with Crippen LogP contribution in [0.4, 0.5) is 0 Å². The molecular weight excluding hydrogens is 384 g/mol. The highest BCUT2D eigenvalue weighted by Gasteiger charge is 2.14. The average Bonchev–Trinajstić information content (AvgIpc) is 2.70. The Hall–Kier alpha value is -2.93. The molecule has 0 saturated heterocycles. The summed E-state index contributed by atoms with van der Waals surface area (Å²) in [7, 11) is 3.00. The fourth-order valence-corrected chi connectivity index (χ4v) is 2.64. The fraction of sp³-hybridized carbons (Fsp3) is 0.300. The van der Waals surface area contributed by atoms with Crippen molar-refractivity contribution < 1.29 is 23.8 Å². The molecule has 0 saturated carbocycles. The molecule has 0 fully saturated rings. The molecule has 0 unspecified atom stereocenters. The summed E-state index contributed by atoms with van der Waals surface area (Å²) < 4.78 is 16.0. The van der Waals surface area contributed by atoms with Gasteiger partial charge in [-0.25, -0.2) is 0 Å². The topological polar surface area (TPSA) is 85.9 Å². The van der Waals surface area contributed by atoms with Crippen molar-refractivity contribution in [3.05, 3.63) is 52.5 Å². The molecule has 7 nitrogen and oxygen atoms in total. The van der Waals surface area contributed by atoms with Crippen LogP contribution in [0.5, 0.6) is 17.2 Å². The van der Waals surface area contributed by atoms with Crippen LogP contribution in [0, 0.1) is 0 Å². The average molecular weight is 407 g/mol. The van der Waals surface area contributed by atoms with E-state index in [2.05, 4.69) is 10.6 Å². The number of carbonyl (C=O) groups excluding carboxylic acids is 2. The lowest BCUT2D eigenvalue weighted by atomic mass is 10.1. The van der Waals surface area contributed by atoms with E-state index in [1.165, 1.54) is 14.2 Å². The van der Waals surface area contributed by atoms with Crippen molar-refractivity contribution in [3.63, 3.8) is 0 Å². The molecule has 0 bridgehead atoms. The lowest BCUT2D eigenvalue weighted by Gasteiger charge is -2.13. The van der Waals surface area contributed by atoms with E-state index < -0.39 is 0 Å². The normalized spacial score (nSPS) is 10.1. The van der Waals surface area contributed by atoms with E-state index >= 15 is 0 Å². The van der Waals surface area contributed by atoms with Crippen LogP contribution in [0.1, 0.15) is 22.8 Å². The Morgan fingerprint density at radius 2 is 1.68 bits per heavy atom. The molecule has 0 aromatic heterocycles. The zero-order chi connectivity index (χ0) is 20.5. The summed E-state index contributed by atoms with van der Waals surface area (Å²) >= 11 is 5.97. The number of amides is 2. The minimum atomic E-state index is -0.310. The first kappa shape index (κ1) is 21.4. The van der Waals surface area contributed by atoms with E-state index in [9.17, 15) is 9.59 Å². The molecule has 0 aliphatic heterocycles. The van der Waals surface area contributed by atoms with Crippen molar-refractivity contribution in [1.29, 1.82) is 0 Å². The Labute approximate surface area is 168 Å². The Kier molecular flexibility index (Phi) is 7.95. The van der Waals surface area contributed by atoms with Crippen molar-refractivity contribution >= 4 is 23.4 Å². The first-order valence-corrected chi connectivity index (χ1v) is 9.04. The minimum absolute atomic E-state index is 0.102. The lowest BCUT2D eigenvalue weighted by Crippen LogP contribution is -2.28. The summed E-state index contributed by atoms with van der Waals surface area (Å²) in [5.74, 6) is 0.830. The third-order valence-corrected chi connectivity index (χ3v) is 4.06. The molecule has 2 aromatic rings. The van der Waals surface area contributed by atoms with Gasteiger partial charge in [0.05, 0.1) is 19.8 Å². The molecular formula is C20H23ClN2O5. The molecule has 2 N–H and O–H groups in total. The first-order chi connectivity index (χ1) is 13.5. The largest absolute Gasteiger partial charge is 0.496 e. The number of likely N-dealkylation sites (N-methyl/N-ethyl adjacent to an activating group) is 1. The van der Waals surface area contributed by atoms with Crippen LogP contribution in [0.25, 0.3) is 0 Å². The summed E-state index contributed by atoms with van der Waals surface area (Å²) in [6.07, 6.45) is 0. The number of rotatable bonds is 9. The van der Waals surface area contributed by atoms with Gasteiger partial charge in [-0.15, -0.1) is 0 Å². The second-order valence-corrected chi connectivity index (χ2v) is 6.19. The standard InChI is InChI=1S/C20H23ClN2O5/c1-4-22-19(24)12-28-17-7-5-13(9-18(17)27-3)11-23-20(25)15-10-14(21)6-8-16(15)26-2/h5-10H,4,11-12H2,1-3H3,(H,22,24)(H,23,25). The molecule has 8 heteroatoms. The zero-order valence-electron chi connectivity index (χ0n) is 16.0. The van der Waals surface area contributed by atoms with E-state index in [4.69, 9.17) is 25.8 Å². The third kappa shape index (κ3) is 5.79. The van der Waals surface area contributed by atoms with E-state index in [0.717, 1.165) is 5.56 Å². The van der Waals surface area contributed by atoms with Gasteiger partial charge in [0.2, 0.25) is 0 Å². The van der Waals surface area contributed by atoms with Gasteiger partial charge in [-0.3, -0.25) is 9.59 Å². The van der Waals surface area contributed by atoms with Crippen LogP contribution in [0.15, 0.2) is 36.4 Å². The van der Waals surface area contributed by atoms with Gasteiger partial charge in [-0.05, 0) is 42.8 Å². The van der Waals surface area contributed by atoms with E-state index in [0.29, 0.717) is 34.4 Å². The van der Waals surface area contributed by atoms with Crippen LogP contribution in [0.3, 0.4) is 0 Å². The molecule has 150 valence electrons. The second kappa shape index (κ2) is 10.4. The Bertz CT molecular complexity index is 841. The molecule has 0 spiro atoms. The number of hydrogen-bond acceptors (Lipinski definition) is 5. The van der Waals surface area contributed by atoms with Gasteiger partial charge < -0.3 is 24.8 Å². The number of ether oxygens (including phenoxy) is 3. The van der Waals surface area contributed by atoms with E-state index in [-0.39, 0.29) is 25.0 Å². The predicted octanol–water partition coefficient (Wildman–Crippen LogP) is 2.80. The van der Waals surface area contributed by atoms with E-state index in [1.54, 1.807) is 36.4 Å². The van der Waals surface area contributed by atoms with Crippen LogP contribution in [0.2, 0.25) is 5.02 Å². The highest BCUT2D eigenvalue weighted by Crippen LogP contribution is 2.28. The van der Waals surface area contributed by atoms with Gasteiger partial charge in [-0.2, -0.15) is 0 Å². The maximum absolute atomic E-state index is 12.5. The summed E-state index contributed by atoms with van der Waals surface area (Å²) in [4.78, 5) is 24.0. The summed E-state index contributed by atoms with van der Waals surface area (Å²) in [5, 5.41) is 5.92. The molecule has 0 aliphatic carbocycles. The van der Waals surface area contributed by atoms with Crippen molar-refractivity contribution in [1.82, 2.24) is 10.6 Å². The highest BCUT2D eigenvalue weighted by molar-refractivity contribution is 6.31. The van der Waals surface area contributed by atoms with Crippen LogP contribution >= 0.6 is 11.6 Å². The molecule has 0 heterocycles. The molecule has 2 aromatic carbocycles. The molecule has 0 radical (unpaired) electrons. The van der Waals surface area contributed by atoms with Crippen molar-refractivity contribution in [2.45, 2.75) is 13.5 Å². The van der Waals surface area contributed by atoms with E-state index in [1.807, 2.05) is 6.92 Å². The van der Waals surface area contributed by atoms with Crippen molar-refractivity contribution in [2.75, 3.05) is 27.4 Å². The van der Waals surface area contributed by atoms with Gasteiger partial charge >= 0.3 is 0 Å². The van der Waals surface area contributed by atoms with Crippen molar-refractivity contribution in [3.8, 4) is 17.2 Å². The fourth-order valence-electron chi connectivity index (χ4n) is 2.47. The van der Waals surface area contributed by atoms with Crippen LogP contribution < -0.4 is 24.8 Å². The Morgan fingerprint density at radius 3 is 2.36 bits per heavy atom. The van der Waals surface area contributed by atoms with Crippen molar-refractivity contribution in [2.24, 2.45) is 0 Å². The lowest BCUT2D eigenvalue weighted by molar-refractivity contribution is -0.123. The van der Waals surface area contributed by atoms with Crippen LogP contribution in [-0.2, 0) is 11.3 Å². The van der Waals surface area contributed by atoms with Gasteiger partial charge in [0.25, 0.3) is 11.8 Å². The maximum Gasteiger partial charge on any atom is 0.257 e. The van der Waals surface area contributed by atoms with Gasteiger partial charge in [0, 0.05) is 18.1 Å².